The lowest BCUT2D eigenvalue weighted by Gasteiger charge is -2.13. The van der Waals surface area contributed by atoms with Crippen LogP contribution in [0.25, 0.3) is 0 Å². The number of benzene rings is 1. The van der Waals surface area contributed by atoms with E-state index in [2.05, 4.69) is 10.3 Å². The van der Waals surface area contributed by atoms with E-state index in [9.17, 15) is 4.79 Å². The minimum Gasteiger partial charge on any atom is -0.344 e. The van der Waals surface area contributed by atoms with E-state index in [4.69, 9.17) is 0 Å². The van der Waals surface area contributed by atoms with Gasteiger partial charge in [-0.3, -0.25) is 9.78 Å². The number of nitrogens with zero attached hydrogens (tertiary/aromatic N) is 1. The molecule has 0 aliphatic carbocycles. The molecule has 3 heteroatoms. The Balaban J connectivity index is 2.05. The predicted molar refractivity (Wildman–Crippen MR) is 66.6 cm³/mol. The van der Waals surface area contributed by atoms with Crippen LogP contribution in [-0.4, -0.2) is 10.9 Å². The van der Waals surface area contributed by atoms with Gasteiger partial charge in [-0.2, -0.15) is 0 Å². The smallest absolute Gasteiger partial charge is 0.270 e. The van der Waals surface area contributed by atoms with Crippen LogP contribution in [0.3, 0.4) is 0 Å². The summed E-state index contributed by atoms with van der Waals surface area (Å²) in [6.45, 7) is 1.95. The highest BCUT2D eigenvalue weighted by Gasteiger charge is 2.11. The fourth-order valence-corrected chi connectivity index (χ4v) is 1.59. The fourth-order valence-electron chi connectivity index (χ4n) is 1.59. The number of rotatable bonds is 3. The van der Waals surface area contributed by atoms with E-state index in [0.717, 1.165) is 5.56 Å². The van der Waals surface area contributed by atoms with Crippen LogP contribution in [0.1, 0.15) is 29.0 Å². The molecule has 0 spiro atoms. The predicted octanol–water partition coefficient (Wildman–Crippen LogP) is 2.57. The standard InChI is InChI=1S/C14H14N2O/c1-11(12-7-3-2-4-8-12)16-14(17)13-9-5-6-10-15-13/h2-11H,1H3,(H,16,17). The molecule has 0 saturated carbocycles. The summed E-state index contributed by atoms with van der Waals surface area (Å²) in [5.41, 5.74) is 1.52. The molecular formula is C14H14N2O. The van der Waals surface area contributed by atoms with Crippen LogP contribution in [0.2, 0.25) is 0 Å². The number of nitrogens with one attached hydrogen (secondary N) is 1. The Morgan fingerprint density at radius 3 is 2.47 bits per heavy atom. The zero-order valence-electron chi connectivity index (χ0n) is 9.63. The molecule has 0 aliphatic rings. The Bertz CT molecular complexity index is 482. The maximum Gasteiger partial charge on any atom is 0.270 e. The van der Waals surface area contributed by atoms with Crippen LogP contribution in [0.4, 0.5) is 0 Å². The van der Waals surface area contributed by atoms with Crippen molar-refractivity contribution in [2.45, 2.75) is 13.0 Å². The number of hydrogen-bond acceptors (Lipinski definition) is 2. The summed E-state index contributed by atoms with van der Waals surface area (Å²) >= 11 is 0. The van der Waals surface area contributed by atoms with Crippen molar-refractivity contribution >= 4 is 5.91 Å². The highest BCUT2D eigenvalue weighted by molar-refractivity contribution is 5.92. The van der Waals surface area contributed by atoms with Crippen molar-refractivity contribution in [1.29, 1.82) is 0 Å². The molecule has 1 heterocycles. The molecule has 0 saturated heterocycles. The first kappa shape index (κ1) is 11.3. The van der Waals surface area contributed by atoms with Gasteiger partial charge in [-0.1, -0.05) is 36.4 Å². The molecule has 0 fully saturated rings. The van der Waals surface area contributed by atoms with E-state index in [1.165, 1.54) is 0 Å². The number of hydrogen-bond donors (Lipinski definition) is 1. The molecule has 2 aromatic rings. The number of carbonyl (C=O) groups excluding carboxylic acids is 1. The third kappa shape index (κ3) is 2.91. The van der Waals surface area contributed by atoms with Crippen LogP contribution < -0.4 is 5.32 Å². The van der Waals surface area contributed by atoms with Crippen molar-refractivity contribution in [3.63, 3.8) is 0 Å². The summed E-state index contributed by atoms with van der Waals surface area (Å²) in [6.07, 6.45) is 1.61. The normalized spacial score (nSPS) is 11.8. The summed E-state index contributed by atoms with van der Waals surface area (Å²) < 4.78 is 0. The Hall–Kier alpha value is -2.16. The molecule has 0 aliphatic heterocycles. The van der Waals surface area contributed by atoms with Gasteiger partial charge in [-0.25, -0.2) is 0 Å². The molecule has 0 radical (unpaired) electrons. The summed E-state index contributed by atoms with van der Waals surface area (Å²) in [7, 11) is 0. The molecule has 1 aromatic heterocycles. The maximum absolute atomic E-state index is 11.9. The Morgan fingerprint density at radius 1 is 1.12 bits per heavy atom. The van der Waals surface area contributed by atoms with Crippen LogP contribution in [-0.2, 0) is 0 Å². The highest BCUT2D eigenvalue weighted by atomic mass is 16.1. The van der Waals surface area contributed by atoms with Crippen LogP contribution in [0, 0.1) is 0 Å². The van der Waals surface area contributed by atoms with E-state index in [1.54, 1.807) is 24.4 Å². The van der Waals surface area contributed by atoms with Gasteiger partial charge in [0.05, 0.1) is 6.04 Å². The monoisotopic (exact) mass is 226 g/mol. The summed E-state index contributed by atoms with van der Waals surface area (Å²) in [5, 5.41) is 2.91. The molecule has 1 unspecified atom stereocenters. The van der Waals surface area contributed by atoms with Crippen molar-refractivity contribution in [3.05, 3.63) is 66.0 Å². The molecule has 1 atom stereocenters. The third-order valence-corrected chi connectivity index (χ3v) is 2.54. The minimum atomic E-state index is -0.151. The topological polar surface area (TPSA) is 42.0 Å². The van der Waals surface area contributed by atoms with Gasteiger partial charge in [-0.15, -0.1) is 0 Å². The summed E-state index contributed by atoms with van der Waals surface area (Å²) in [4.78, 5) is 15.9. The van der Waals surface area contributed by atoms with Crippen LogP contribution >= 0.6 is 0 Å². The number of carbonyl (C=O) groups is 1. The van der Waals surface area contributed by atoms with Gasteiger partial charge in [0.15, 0.2) is 0 Å². The van der Waals surface area contributed by atoms with E-state index in [0.29, 0.717) is 5.69 Å². The second-order valence-electron chi connectivity index (χ2n) is 3.82. The fraction of sp³-hybridized carbons (Fsp3) is 0.143. The first-order chi connectivity index (χ1) is 8.27. The first-order valence-electron chi connectivity index (χ1n) is 5.54. The van der Waals surface area contributed by atoms with E-state index in [1.807, 2.05) is 37.3 Å². The Kier molecular flexibility index (Phi) is 3.50. The summed E-state index contributed by atoms with van der Waals surface area (Å²) in [5.74, 6) is -0.151. The van der Waals surface area contributed by atoms with Crippen molar-refractivity contribution in [2.24, 2.45) is 0 Å². The summed E-state index contributed by atoms with van der Waals surface area (Å²) in [6, 6.07) is 15.1. The SMILES string of the molecule is CC(NC(=O)c1ccccn1)c1ccccc1. The lowest BCUT2D eigenvalue weighted by atomic mass is 10.1. The van der Waals surface area contributed by atoms with Gasteiger partial charge in [0, 0.05) is 6.20 Å². The second kappa shape index (κ2) is 5.25. The van der Waals surface area contributed by atoms with E-state index in [-0.39, 0.29) is 11.9 Å². The lowest BCUT2D eigenvalue weighted by Crippen LogP contribution is -2.27. The van der Waals surface area contributed by atoms with Crippen molar-refractivity contribution in [1.82, 2.24) is 10.3 Å². The maximum atomic E-state index is 11.9. The van der Waals surface area contributed by atoms with Crippen molar-refractivity contribution in [2.75, 3.05) is 0 Å². The Morgan fingerprint density at radius 2 is 1.82 bits per heavy atom. The van der Waals surface area contributed by atoms with Gasteiger partial charge in [0.1, 0.15) is 5.69 Å². The molecule has 86 valence electrons. The first-order valence-corrected chi connectivity index (χ1v) is 5.54. The van der Waals surface area contributed by atoms with Crippen LogP contribution in [0.15, 0.2) is 54.7 Å². The number of pyridine rings is 1. The van der Waals surface area contributed by atoms with E-state index >= 15 is 0 Å². The van der Waals surface area contributed by atoms with Crippen molar-refractivity contribution in [3.8, 4) is 0 Å². The lowest BCUT2D eigenvalue weighted by molar-refractivity contribution is 0.0935. The second-order valence-corrected chi connectivity index (χ2v) is 3.82. The quantitative estimate of drug-likeness (QED) is 0.874. The zero-order chi connectivity index (χ0) is 12.1. The molecule has 2 rings (SSSR count). The zero-order valence-corrected chi connectivity index (χ0v) is 9.63. The average Bonchev–Trinajstić information content (AvgIpc) is 2.40. The van der Waals surface area contributed by atoms with Gasteiger partial charge in [0.2, 0.25) is 0 Å². The Labute approximate surface area is 101 Å². The molecular weight excluding hydrogens is 212 g/mol. The van der Waals surface area contributed by atoms with Crippen molar-refractivity contribution < 1.29 is 4.79 Å². The highest BCUT2D eigenvalue weighted by Crippen LogP contribution is 2.11. The molecule has 1 amide bonds. The minimum absolute atomic E-state index is 0.0225. The van der Waals surface area contributed by atoms with Gasteiger partial charge >= 0.3 is 0 Å². The number of aromatic nitrogens is 1. The molecule has 1 N–H and O–H groups in total. The molecule has 1 aromatic carbocycles. The van der Waals surface area contributed by atoms with Gasteiger partial charge < -0.3 is 5.32 Å². The number of amides is 1. The molecule has 0 bridgehead atoms. The van der Waals surface area contributed by atoms with Gasteiger partial charge in [0.25, 0.3) is 5.91 Å². The van der Waals surface area contributed by atoms with E-state index < -0.39 is 0 Å². The molecule has 17 heavy (non-hydrogen) atoms. The van der Waals surface area contributed by atoms with Gasteiger partial charge in [-0.05, 0) is 24.6 Å². The molecule has 3 nitrogen and oxygen atoms in total. The largest absolute Gasteiger partial charge is 0.344 e. The average molecular weight is 226 g/mol. The third-order valence-electron chi connectivity index (χ3n) is 2.54. The van der Waals surface area contributed by atoms with Crippen LogP contribution in [0.5, 0.6) is 0 Å².